The Morgan fingerprint density at radius 1 is 1.07 bits per heavy atom. The van der Waals surface area contributed by atoms with E-state index in [9.17, 15) is 48.9 Å². The number of phosphoric ester groups is 2. The van der Waals surface area contributed by atoms with Crippen LogP contribution < -0.4 is 60.9 Å². The number of nitrogen functional groups attached to an aromatic ring is 1. The number of aliphatic hydroxyl groups is 4. The Bertz CT molecular complexity index is 1740. The monoisotopic (exact) mass is 701 g/mol. The first-order chi connectivity index (χ1) is 21.1. The van der Waals surface area contributed by atoms with Crippen molar-refractivity contribution in [2.45, 2.75) is 49.1 Å². The number of hydrogen-bond donors (Lipinski definition) is 7. The molecule has 2 aliphatic rings. The maximum absolute atomic E-state index is 12.3. The largest absolute Gasteiger partial charge is 1.00 e. The van der Waals surface area contributed by atoms with E-state index in [-0.39, 0.29) is 52.2 Å². The van der Waals surface area contributed by atoms with Gasteiger partial charge in [0.15, 0.2) is 35.9 Å². The van der Waals surface area contributed by atoms with Crippen LogP contribution in [0.3, 0.4) is 0 Å². The predicted molar refractivity (Wildman–Crippen MR) is 138 cm³/mol. The normalized spacial score (nSPS) is 30.5. The summed E-state index contributed by atoms with van der Waals surface area (Å²) in [4.78, 5) is 58.0. The van der Waals surface area contributed by atoms with Gasteiger partial charge in [0.25, 0.3) is 33.3 Å². The Labute approximate surface area is 279 Å². The zero-order valence-electron chi connectivity index (χ0n) is 23.5. The first-order valence-corrected chi connectivity index (χ1v) is 15.7. The van der Waals surface area contributed by atoms with Crippen LogP contribution in [0.15, 0.2) is 35.6 Å². The number of aromatic nitrogens is 5. The zero-order chi connectivity index (χ0) is 32.8. The van der Waals surface area contributed by atoms with Gasteiger partial charge < -0.3 is 65.2 Å². The van der Waals surface area contributed by atoms with Crippen LogP contribution in [0.2, 0.25) is 0 Å². The number of primary amides is 1. The number of H-pyrrole nitrogens is 1. The third-order valence-corrected chi connectivity index (χ3v) is 9.36. The molecule has 5 heterocycles. The molecule has 2 fully saturated rings. The maximum Gasteiger partial charge on any atom is 1.00 e. The Balaban J connectivity index is 0.00000480. The molecule has 246 valence electrons. The van der Waals surface area contributed by atoms with Crippen molar-refractivity contribution in [1.82, 2.24) is 19.5 Å². The third-order valence-electron chi connectivity index (χ3n) is 6.83. The van der Waals surface area contributed by atoms with Crippen molar-refractivity contribution in [3.63, 3.8) is 0 Å². The Hall–Kier alpha value is -2.21. The third kappa shape index (κ3) is 7.58. The number of imidazole rings is 1. The van der Waals surface area contributed by atoms with E-state index >= 15 is 0 Å². The number of rotatable bonds is 11. The van der Waals surface area contributed by atoms with Gasteiger partial charge >= 0.3 is 29.6 Å². The van der Waals surface area contributed by atoms with Crippen molar-refractivity contribution >= 4 is 38.7 Å². The molecule has 0 aromatic carbocycles. The van der Waals surface area contributed by atoms with Gasteiger partial charge in [0.1, 0.15) is 36.1 Å². The van der Waals surface area contributed by atoms with Crippen molar-refractivity contribution in [1.29, 1.82) is 0 Å². The van der Waals surface area contributed by atoms with Crippen LogP contribution >= 0.6 is 15.6 Å². The van der Waals surface area contributed by atoms with Gasteiger partial charge in [-0.15, -0.1) is 0 Å². The number of fused-ring (bicyclic) bond motifs is 1. The zero-order valence-corrected chi connectivity index (χ0v) is 27.3. The van der Waals surface area contributed by atoms with Crippen molar-refractivity contribution in [2.75, 3.05) is 18.9 Å². The topological polar surface area (TPSA) is 344 Å². The minimum absolute atomic E-state index is 0. The van der Waals surface area contributed by atoms with Gasteiger partial charge in [-0.3, -0.25) is 23.3 Å². The second-order valence-corrected chi connectivity index (χ2v) is 12.8. The standard InChI is InChI=1S/C21H27N7O15P2.Na/c22-16(33)8-2-1-3-27(4-8)19-14(31)12(29)9(41-19)5-39-44(35,36)43-45(37,38)40-6-10-13(30)15(32)20(42-10)28-17-11(26-21(28)23)18(34)25-7-24-17;/h1-4,7,9-10,12-15,19-20,29-32H,5-6H2,(H6-,22,23,24,25,26,33,34,35,36,37,38);/q;+1/p-1/t9-,10-,12-,13-,14-,15-,19-,20-;/m1./s1. The van der Waals surface area contributed by atoms with Gasteiger partial charge in [0.05, 0.1) is 19.5 Å². The van der Waals surface area contributed by atoms with Gasteiger partial charge in [-0.1, -0.05) is 0 Å². The number of phosphoric acid groups is 2. The number of aliphatic hydroxyl groups excluding tert-OH is 4. The fourth-order valence-corrected chi connectivity index (χ4v) is 6.69. The molecule has 3 aromatic rings. The Morgan fingerprint density at radius 2 is 1.67 bits per heavy atom. The molecule has 1 amide bonds. The van der Waals surface area contributed by atoms with Gasteiger partial charge in [0, 0.05) is 6.07 Å². The van der Waals surface area contributed by atoms with Gasteiger partial charge in [-0.2, -0.15) is 4.57 Å². The van der Waals surface area contributed by atoms with E-state index in [0.29, 0.717) is 0 Å². The molecule has 22 nitrogen and oxygen atoms in total. The number of carbonyl (C=O) groups is 1. The number of pyridine rings is 1. The van der Waals surface area contributed by atoms with E-state index in [2.05, 4.69) is 28.3 Å². The van der Waals surface area contributed by atoms with Crippen LogP contribution in [0.4, 0.5) is 5.95 Å². The van der Waals surface area contributed by atoms with Crippen molar-refractivity contribution in [3.8, 4) is 0 Å². The van der Waals surface area contributed by atoms with Crippen molar-refractivity contribution in [2.24, 2.45) is 5.73 Å². The number of nitrogens with two attached hydrogens (primary N) is 2. The summed E-state index contributed by atoms with van der Waals surface area (Å²) in [5.41, 5.74) is 10.1. The molecule has 9 N–H and O–H groups in total. The van der Waals surface area contributed by atoms with Crippen molar-refractivity contribution in [3.05, 3.63) is 46.8 Å². The summed E-state index contributed by atoms with van der Waals surface area (Å²) in [5, 5.41) is 41.6. The predicted octanol–water partition coefficient (Wildman–Crippen LogP) is -7.98. The molecule has 3 aromatic heterocycles. The minimum Gasteiger partial charge on any atom is -0.756 e. The minimum atomic E-state index is -5.74. The summed E-state index contributed by atoms with van der Waals surface area (Å²) in [6, 6.07) is 2.78. The van der Waals surface area contributed by atoms with E-state index in [1.807, 2.05) is 0 Å². The number of nitrogens with zero attached hydrogens (tertiary/aromatic N) is 4. The second kappa shape index (κ2) is 14.1. The Kier molecular flexibility index (Phi) is 11.2. The second-order valence-electron chi connectivity index (χ2n) is 9.81. The van der Waals surface area contributed by atoms with E-state index in [0.717, 1.165) is 10.9 Å². The summed E-state index contributed by atoms with van der Waals surface area (Å²) in [6.07, 6.45) is -9.20. The molecular weight excluding hydrogens is 675 g/mol. The molecule has 2 saturated heterocycles. The van der Waals surface area contributed by atoms with E-state index in [1.54, 1.807) is 0 Å². The average molecular weight is 701 g/mol. The molecule has 0 radical (unpaired) electrons. The van der Waals surface area contributed by atoms with E-state index in [1.165, 1.54) is 29.1 Å². The molecule has 5 rings (SSSR count). The van der Waals surface area contributed by atoms with Crippen LogP contribution in [0.25, 0.3) is 11.2 Å². The fourth-order valence-electron chi connectivity index (χ4n) is 4.68. The number of anilines is 1. The molecule has 46 heavy (non-hydrogen) atoms. The molecular formula is C21H26N7NaO15P2. The van der Waals surface area contributed by atoms with Crippen LogP contribution in [-0.4, -0.2) is 95.7 Å². The fraction of sp³-hybridized carbons (Fsp3) is 0.476. The molecule has 0 bridgehead atoms. The summed E-state index contributed by atoms with van der Waals surface area (Å²) in [7, 11) is -11.5. The quantitative estimate of drug-likeness (QED) is 0.0554. The maximum atomic E-state index is 12.3. The number of ether oxygens (including phenoxy) is 2. The van der Waals surface area contributed by atoms with E-state index < -0.39 is 89.4 Å². The molecule has 25 heteroatoms. The molecule has 0 spiro atoms. The average Bonchev–Trinajstić information content (AvgIpc) is 3.56. The van der Waals surface area contributed by atoms with Crippen LogP contribution in [-0.2, 0) is 32.0 Å². The molecule has 2 aliphatic heterocycles. The van der Waals surface area contributed by atoms with E-state index in [4.69, 9.17) is 20.9 Å². The number of nitrogens with one attached hydrogen (secondary N) is 1. The SMILES string of the molecule is NC(=O)c1ccc[n+]([C@@H]2O[C@H](COP(=O)([O-])OP(=O)([O-])OC[C@H]3O[C@@H](n4c(N)nc5c(=O)[nH]cnc54)[C@H](O)[C@@H]3O)[C@@H](O)[C@H]2O)c1.[Na+]. The van der Waals surface area contributed by atoms with Crippen LogP contribution in [0.5, 0.6) is 0 Å². The van der Waals surface area contributed by atoms with Crippen LogP contribution in [0.1, 0.15) is 22.8 Å². The summed E-state index contributed by atoms with van der Waals surface area (Å²) in [5.74, 6) is -1.12. The molecule has 0 saturated carbocycles. The molecule has 0 aliphatic carbocycles. The Morgan fingerprint density at radius 3 is 2.30 bits per heavy atom. The molecule has 10 atom stereocenters. The van der Waals surface area contributed by atoms with Crippen LogP contribution in [0, 0.1) is 0 Å². The first kappa shape index (κ1) is 36.6. The number of amides is 1. The number of carbonyl (C=O) groups excluding carboxylic acids is 1. The summed E-state index contributed by atoms with van der Waals surface area (Å²) < 4.78 is 50.7. The molecule has 2 unspecified atom stereocenters. The summed E-state index contributed by atoms with van der Waals surface area (Å²) in [6.45, 7) is -2.07. The van der Waals surface area contributed by atoms with Gasteiger partial charge in [-0.05, 0) is 6.07 Å². The summed E-state index contributed by atoms with van der Waals surface area (Å²) >= 11 is 0. The van der Waals surface area contributed by atoms with Gasteiger partial charge in [0.2, 0.25) is 5.95 Å². The number of hydrogen-bond acceptors (Lipinski definition) is 18. The van der Waals surface area contributed by atoms with Crippen molar-refractivity contribution < 1.29 is 101 Å². The first-order valence-electron chi connectivity index (χ1n) is 12.8. The smallest absolute Gasteiger partial charge is 0.756 e. The van der Waals surface area contributed by atoms with Gasteiger partial charge in [-0.25, -0.2) is 14.3 Å². The number of aromatic amines is 1.